The Morgan fingerprint density at radius 1 is 0.897 bits per heavy atom. The van der Waals surface area contributed by atoms with Gasteiger partial charge in [0.1, 0.15) is 18.0 Å². The number of aromatic nitrogens is 6. The highest BCUT2D eigenvalue weighted by Crippen LogP contribution is 2.25. The molecule has 0 spiro atoms. The molecule has 2 aliphatic rings. The molecule has 5 rings (SSSR count). The van der Waals surface area contributed by atoms with E-state index in [0.717, 1.165) is 86.8 Å². The van der Waals surface area contributed by atoms with Crippen LogP contribution < -0.4 is 14.7 Å². The van der Waals surface area contributed by atoms with Crippen molar-refractivity contribution in [1.29, 1.82) is 0 Å². The maximum Gasteiger partial charge on any atom is 0.227 e. The number of hydrogen-bond acceptors (Lipinski definition) is 9. The van der Waals surface area contributed by atoms with E-state index in [1.54, 1.807) is 11.0 Å². The van der Waals surface area contributed by atoms with E-state index in [9.17, 15) is 0 Å². The van der Waals surface area contributed by atoms with E-state index in [4.69, 9.17) is 14.7 Å². The zero-order valence-electron chi connectivity index (χ0n) is 16.8. The van der Waals surface area contributed by atoms with Gasteiger partial charge < -0.3 is 19.4 Å². The Balaban J connectivity index is 1.33. The Morgan fingerprint density at radius 2 is 1.66 bits per heavy atom. The molecule has 0 bridgehead atoms. The van der Waals surface area contributed by atoms with Crippen molar-refractivity contribution in [2.75, 3.05) is 67.2 Å². The van der Waals surface area contributed by atoms with Crippen LogP contribution in [0.15, 0.2) is 18.6 Å². The number of piperazine rings is 1. The third-order valence-corrected chi connectivity index (χ3v) is 5.53. The van der Waals surface area contributed by atoms with E-state index in [0.29, 0.717) is 0 Å². The Bertz CT molecular complexity index is 1010. The molecule has 3 aromatic heterocycles. The summed E-state index contributed by atoms with van der Waals surface area (Å²) in [6.45, 7) is 8.67. The fraction of sp³-hybridized carbons (Fsp3) is 0.526. The summed E-state index contributed by atoms with van der Waals surface area (Å²) in [7, 11) is 1.90. The van der Waals surface area contributed by atoms with E-state index in [1.807, 2.05) is 20.2 Å². The number of hydrogen-bond donors (Lipinski definition) is 0. The fourth-order valence-corrected chi connectivity index (χ4v) is 3.95. The molecule has 29 heavy (non-hydrogen) atoms. The first-order valence-electron chi connectivity index (χ1n) is 10.00. The summed E-state index contributed by atoms with van der Waals surface area (Å²) in [4.78, 5) is 25.3. The second-order valence-electron chi connectivity index (χ2n) is 7.44. The average Bonchev–Trinajstić information content (AvgIpc) is 3.15. The standard InChI is InChI=1S/C19H25N9O/c1-14-11-16(26-7-9-29-10-8-26)24-19(23-14)28-5-3-27(4-6-28)18-15-12-22-25(2)17(15)20-13-21-18/h11-13H,3-10H2,1-2H3. The second-order valence-corrected chi connectivity index (χ2v) is 7.44. The second kappa shape index (κ2) is 7.43. The molecule has 2 fully saturated rings. The lowest BCUT2D eigenvalue weighted by Gasteiger charge is -2.36. The number of morpholine rings is 1. The summed E-state index contributed by atoms with van der Waals surface area (Å²) in [6.07, 6.45) is 3.46. The Labute approximate surface area is 169 Å². The van der Waals surface area contributed by atoms with Crippen molar-refractivity contribution in [2.24, 2.45) is 7.05 Å². The largest absolute Gasteiger partial charge is 0.378 e. The lowest BCUT2D eigenvalue weighted by Crippen LogP contribution is -2.47. The quantitative estimate of drug-likeness (QED) is 0.633. The zero-order valence-corrected chi connectivity index (χ0v) is 16.8. The third-order valence-electron chi connectivity index (χ3n) is 5.53. The summed E-state index contributed by atoms with van der Waals surface area (Å²) in [6, 6.07) is 2.06. The summed E-state index contributed by atoms with van der Waals surface area (Å²) in [5.41, 5.74) is 1.85. The van der Waals surface area contributed by atoms with Crippen LogP contribution in [-0.4, -0.2) is 82.2 Å². The Kier molecular flexibility index (Phi) is 4.62. The van der Waals surface area contributed by atoms with Gasteiger partial charge in [0, 0.05) is 58.1 Å². The first-order valence-corrected chi connectivity index (χ1v) is 10.00. The van der Waals surface area contributed by atoms with Crippen LogP contribution in [0, 0.1) is 6.92 Å². The molecule has 3 aromatic rings. The highest BCUT2D eigenvalue weighted by atomic mass is 16.5. The molecule has 0 aromatic carbocycles. The molecule has 0 unspecified atom stereocenters. The van der Waals surface area contributed by atoms with E-state index in [2.05, 4.69) is 35.8 Å². The highest BCUT2D eigenvalue weighted by Gasteiger charge is 2.23. The number of rotatable bonds is 3. The number of nitrogens with zero attached hydrogens (tertiary/aromatic N) is 9. The molecule has 2 saturated heterocycles. The van der Waals surface area contributed by atoms with Gasteiger partial charge in [0.15, 0.2) is 5.65 Å². The van der Waals surface area contributed by atoms with E-state index < -0.39 is 0 Å². The number of anilines is 3. The van der Waals surface area contributed by atoms with Gasteiger partial charge in [0.2, 0.25) is 5.95 Å². The van der Waals surface area contributed by atoms with Crippen molar-refractivity contribution >= 4 is 28.6 Å². The molecule has 152 valence electrons. The number of aryl methyl sites for hydroxylation is 2. The van der Waals surface area contributed by atoms with Gasteiger partial charge >= 0.3 is 0 Å². The third kappa shape index (κ3) is 3.44. The molecule has 0 atom stereocenters. The summed E-state index contributed by atoms with van der Waals surface area (Å²) < 4.78 is 7.25. The Hall–Kier alpha value is -3.01. The van der Waals surface area contributed by atoms with Crippen molar-refractivity contribution in [1.82, 2.24) is 29.7 Å². The molecule has 0 amide bonds. The van der Waals surface area contributed by atoms with Crippen molar-refractivity contribution in [3.05, 3.63) is 24.3 Å². The fourth-order valence-electron chi connectivity index (χ4n) is 3.95. The molecule has 10 nitrogen and oxygen atoms in total. The monoisotopic (exact) mass is 395 g/mol. The molecule has 0 radical (unpaired) electrons. The normalized spacial score (nSPS) is 17.9. The Morgan fingerprint density at radius 3 is 2.45 bits per heavy atom. The van der Waals surface area contributed by atoms with Gasteiger partial charge in [0.05, 0.1) is 24.8 Å². The van der Waals surface area contributed by atoms with Gasteiger partial charge in [-0.3, -0.25) is 4.68 Å². The molecular weight excluding hydrogens is 370 g/mol. The molecular formula is C19H25N9O. The predicted molar refractivity (Wildman–Crippen MR) is 111 cm³/mol. The smallest absolute Gasteiger partial charge is 0.227 e. The maximum absolute atomic E-state index is 5.47. The van der Waals surface area contributed by atoms with Gasteiger partial charge in [-0.15, -0.1) is 0 Å². The number of ether oxygens (including phenoxy) is 1. The van der Waals surface area contributed by atoms with Crippen LogP contribution in [0.2, 0.25) is 0 Å². The zero-order chi connectivity index (χ0) is 19.8. The van der Waals surface area contributed by atoms with Gasteiger partial charge in [0.25, 0.3) is 0 Å². The topological polar surface area (TPSA) is 88.3 Å². The minimum Gasteiger partial charge on any atom is -0.378 e. The van der Waals surface area contributed by atoms with Gasteiger partial charge in [-0.25, -0.2) is 15.0 Å². The highest BCUT2D eigenvalue weighted by molar-refractivity contribution is 5.86. The molecule has 10 heteroatoms. The maximum atomic E-state index is 5.47. The van der Waals surface area contributed by atoms with Crippen LogP contribution in [0.1, 0.15) is 5.69 Å². The molecule has 0 N–H and O–H groups in total. The minimum atomic E-state index is 0.749. The van der Waals surface area contributed by atoms with Crippen molar-refractivity contribution in [3.63, 3.8) is 0 Å². The lowest BCUT2D eigenvalue weighted by molar-refractivity contribution is 0.122. The molecule has 0 saturated carbocycles. The van der Waals surface area contributed by atoms with Crippen molar-refractivity contribution in [3.8, 4) is 0 Å². The van der Waals surface area contributed by atoms with E-state index in [1.165, 1.54) is 0 Å². The van der Waals surface area contributed by atoms with Crippen LogP contribution in [-0.2, 0) is 11.8 Å². The molecule has 0 aliphatic carbocycles. The van der Waals surface area contributed by atoms with Crippen LogP contribution in [0.3, 0.4) is 0 Å². The van der Waals surface area contributed by atoms with Crippen LogP contribution in [0.25, 0.3) is 11.0 Å². The molecule has 5 heterocycles. The average molecular weight is 395 g/mol. The summed E-state index contributed by atoms with van der Waals surface area (Å²) >= 11 is 0. The van der Waals surface area contributed by atoms with Crippen LogP contribution in [0.4, 0.5) is 17.6 Å². The number of fused-ring (bicyclic) bond motifs is 1. The first kappa shape index (κ1) is 18.0. The van der Waals surface area contributed by atoms with Gasteiger partial charge in [-0.2, -0.15) is 10.1 Å². The van der Waals surface area contributed by atoms with E-state index >= 15 is 0 Å². The summed E-state index contributed by atoms with van der Waals surface area (Å²) in [5, 5.41) is 5.31. The van der Waals surface area contributed by atoms with Crippen LogP contribution in [0.5, 0.6) is 0 Å². The van der Waals surface area contributed by atoms with Gasteiger partial charge in [-0.1, -0.05) is 0 Å². The minimum absolute atomic E-state index is 0.749. The van der Waals surface area contributed by atoms with E-state index in [-0.39, 0.29) is 0 Å². The first-order chi connectivity index (χ1) is 14.2. The van der Waals surface area contributed by atoms with Gasteiger partial charge in [-0.05, 0) is 6.92 Å². The summed E-state index contributed by atoms with van der Waals surface area (Å²) in [5.74, 6) is 2.74. The lowest BCUT2D eigenvalue weighted by atomic mass is 10.3. The predicted octanol–water partition coefficient (Wildman–Crippen LogP) is 0.625. The van der Waals surface area contributed by atoms with Crippen molar-refractivity contribution in [2.45, 2.75) is 6.92 Å². The van der Waals surface area contributed by atoms with Crippen molar-refractivity contribution < 1.29 is 4.74 Å². The van der Waals surface area contributed by atoms with Crippen LogP contribution >= 0.6 is 0 Å². The molecule has 2 aliphatic heterocycles. The SMILES string of the molecule is Cc1cc(N2CCOCC2)nc(N2CCN(c3ncnc4c3cnn4C)CC2)n1.